The summed E-state index contributed by atoms with van der Waals surface area (Å²) in [4.78, 5) is 13.6. The van der Waals surface area contributed by atoms with Gasteiger partial charge < -0.3 is 5.11 Å². The van der Waals surface area contributed by atoms with Gasteiger partial charge >= 0.3 is 0 Å². The molecule has 0 unspecified atom stereocenters. The summed E-state index contributed by atoms with van der Waals surface area (Å²) in [5.74, 6) is 0.318. The van der Waals surface area contributed by atoms with Gasteiger partial charge in [0.2, 0.25) is 5.88 Å². The van der Waals surface area contributed by atoms with Crippen molar-refractivity contribution in [3.8, 4) is 27.3 Å². The number of aromatic nitrogens is 3. The Kier molecular flexibility index (Phi) is 3.22. The standard InChI is InChI=1S/C12H8ClN3OS2/c1-6-2-3-18-10(6)7-4-9(17)16-11(14-7)12-15-8(13)5-19-12/h2-5H,1H3,(H,14,16,17). The number of nitrogens with zero attached hydrogens (tertiary/aromatic N) is 3. The number of aryl methyl sites for hydroxylation is 1. The Morgan fingerprint density at radius 2 is 2.05 bits per heavy atom. The van der Waals surface area contributed by atoms with Gasteiger partial charge in [0.05, 0.1) is 10.6 Å². The van der Waals surface area contributed by atoms with Crippen molar-refractivity contribution in [2.24, 2.45) is 0 Å². The third-order valence-electron chi connectivity index (χ3n) is 2.47. The first-order chi connectivity index (χ1) is 9.13. The lowest BCUT2D eigenvalue weighted by Gasteiger charge is -2.02. The lowest BCUT2D eigenvalue weighted by atomic mass is 10.2. The van der Waals surface area contributed by atoms with Crippen molar-refractivity contribution in [3.05, 3.63) is 33.6 Å². The Bertz CT molecular complexity index is 738. The van der Waals surface area contributed by atoms with E-state index in [1.165, 1.54) is 11.3 Å². The van der Waals surface area contributed by atoms with Crippen LogP contribution in [0.2, 0.25) is 5.15 Å². The molecule has 0 aliphatic heterocycles. The SMILES string of the molecule is Cc1ccsc1-c1cc(O)nc(-c2nc(Cl)cs2)n1. The highest BCUT2D eigenvalue weighted by Crippen LogP contribution is 2.31. The van der Waals surface area contributed by atoms with Gasteiger partial charge in [-0.05, 0) is 23.9 Å². The minimum absolute atomic E-state index is 0.0703. The van der Waals surface area contributed by atoms with E-state index < -0.39 is 0 Å². The van der Waals surface area contributed by atoms with Crippen molar-refractivity contribution < 1.29 is 5.11 Å². The molecule has 0 atom stereocenters. The molecule has 0 amide bonds. The van der Waals surface area contributed by atoms with Crippen LogP contribution < -0.4 is 0 Å². The van der Waals surface area contributed by atoms with Gasteiger partial charge in [-0.2, -0.15) is 4.98 Å². The van der Waals surface area contributed by atoms with Crippen LogP contribution in [-0.2, 0) is 0 Å². The Morgan fingerprint density at radius 1 is 1.21 bits per heavy atom. The van der Waals surface area contributed by atoms with Gasteiger partial charge in [0.15, 0.2) is 10.8 Å². The quantitative estimate of drug-likeness (QED) is 0.777. The van der Waals surface area contributed by atoms with Crippen molar-refractivity contribution in [2.75, 3.05) is 0 Å². The van der Waals surface area contributed by atoms with Gasteiger partial charge in [-0.3, -0.25) is 0 Å². The van der Waals surface area contributed by atoms with Crippen molar-refractivity contribution in [2.45, 2.75) is 6.92 Å². The average molecular weight is 310 g/mol. The van der Waals surface area contributed by atoms with Crippen LogP contribution in [0.3, 0.4) is 0 Å². The van der Waals surface area contributed by atoms with Crippen LogP contribution in [-0.4, -0.2) is 20.1 Å². The van der Waals surface area contributed by atoms with Crippen molar-refractivity contribution in [1.82, 2.24) is 15.0 Å². The molecule has 96 valence electrons. The van der Waals surface area contributed by atoms with Crippen LogP contribution in [0.5, 0.6) is 5.88 Å². The molecular weight excluding hydrogens is 302 g/mol. The fraction of sp³-hybridized carbons (Fsp3) is 0.0833. The number of aromatic hydroxyl groups is 1. The van der Waals surface area contributed by atoms with E-state index in [1.54, 1.807) is 22.8 Å². The van der Waals surface area contributed by atoms with Gasteiger partial charge in [0.25, 0.3) is 0 Å². The predicted molar refractivity (Wildman–Crippen MR) is 77.9 cm³/mol. The van der Waals surface area contributed by atoms with Gasteiger partial charge in [0, 0.05) is 11.4 Å². The van der Waals surface area contributed by atoms with Crippen molar-refractivity contribution in [3.63, 3.8) is 0 Å². The molecular formula is C12H8ClN3OS2. The van der Waals surface area contributed by atoms with E-state index in [2.05, 4.69) is 15.0 Å². The lowest BCUT2D eigenvalue weighted by molar-refractivity contribution is 0.453. The summed E-state index contributed by atoms with van der Waals surface area (Å²) < 4.78 is 0. The van der Waals surface area contributed by atoms with Crippen LogP contribution in [0.1, 0.15) is 5.56 Å². The zero-order chi connectivity index (χ0) is 13.4. The Hall–Kier alpha value is -1.50. The van der Waals surface area contributed by atoms with E-state index >= 15 is 0 Å². The van der Waals surface area contributed by atoms with E-state index in [4.69, 9.17) is 11.6 Å². The van der Waals surface area contributed by atoms with Gasteiger partial charge in [-0.1, -0.05) is 11.6 Å². The van der Waals surface area contributed by atoms with Crippen LogP contribution >= 0.6 is 34.3 Å². The Labute approximate surface area is 122 Å². The second-order valence-electron chi connectivity index (χ2n) is 3.84. The molecule has 0 aliphatic rings. The average Bonchev–Trinajstić information content (AvgIpc) is 2.97. The zero-order valence-electron chi connectivity index (χ0n) is 9.79. The largest absolute Gasteiger partial charge is 0.493 e. The molecule has 3 aromatic rings. The summed E-state index contributed by atoms with van der Waals surface area (Å²) in [6, 6.07) is 3.57. The van der Waals surface area contributed by atoms with Crippen LogP contribution in [0.4, 0.5) is 0 Å². The molecule has 0 saturated carbocycles. The second kappa shape index (κ2) is 4.88. The predicted octanol–water partition coefficient (Wildman–Crippen LogP) is 4.00. The molecule has 7 heteroatoms. The highest BCUT2D eigenvalue weighted by Gasteiger charge is 2.13. The molecule has 0 aliphatic carbocycles. The Morgan fingerprint density at radius 3 is 2.68 bits per heavy atom. The highest BCUT2D eigenvalue weighted by atomic mass is 35.5. The molecule has 0 spiro atoms. The first-order valence-electron chi connectivity index (χ1n) is 5.37. The molecule has 0 fully saturated rings. The minimum atomic E-state index is -0.0703. The summed E-state index contributed by atoms with van der Waals surface area (Å²) in [5, 5.41) is 14.4. The normalized spacial score (nSPS) is 10.8. The van der Waals surface area contributed by atoms with E-state index in [0.29, 0.717) is 21.7 Å². The van der Waals surface area contributed by atoms with Crippen LogP contribution in [0.15, 0.2) is 22.9 Å². The number of rotatable bonds is 2. The highest BCUT2D eigenvalue weighted by molar-refractivity contribution is 7.14. The summed E-state index contributed by atoms with van der Waals surface area (Å²) in [6.45, 7) is 2.00. The first-order valence-corrected chi connectivity index (χ1v) is 7.51. The fourth-order valence-electron chi connectivity index (χ4n) is 1.64. The summed E-state index contributed by atoms with van der Waals surface area (Å²) in [6.07, 6.45) is 0. The maximum absolute atomic E-state index is 9.75. The molecule has 3 aromatic heterocycles. The van der Waals surface area contributed by atoms with E-state index in [0.717, 1.165) is 10.4 Å². The van der Waals surface area contributed by atoms with Crippen LogP contribution in [0, 0.1) is 6.92 Å². The third-order valence-corrected chi connectivity index (χ3v) is 4.68. The molecule has 19 heavy (non-hydrogen) atoms. The summed E-state index contributed by atoms with van der Waals surface area (Å²) in [5.41, 5.74) is 1.81. The maximum atomic E-state index is 9.75. The van der Waals surface area contributed by atoms with Gasteiger partial charge in [0.1, 0.15) is 5.15 Å². The van der Waals surface area contributed by atoms with Gasteiger partial charge in [-0.15, -0.1) is 22.7 Å². The topological polar surface area (TPSA) is 58.9 Å². The molecule has 0 aromatic carbocycles. The molecule has 3 rings (SSSR count). The molecule has 0 saturated heterocycles. The van der Waals surface area contributed by atoms with Crippen LogP contribution in [0.25, 0.3) is 21.4 Å². The first kappa shape index (κ1) is 12.5. The minimum Gasteiger partial charge on any atom is -0.493 e. The van der Waals surface area contributed by atoms with Gasteiger partial charge in [-0.25, -0.2) is 9.97 Å². The number of thiophene rings is 1. The molecule has 4 nitrogen and oxygen atoms in total. The number of halogens is 1. The van der Waals surface area contributed by atoms with Crippen molar-refractivity contribution in [1.29, 1.82) is 0 Å². The maximum Gasteiger partial charge on any atom is 0.215 e. The monoisotopic (exact) mass is 309 g/mol. The molecule has 0 bridgehead atoms. The van der Waals surface area contributed by atoms with E-state index in [-0.39, 0.29) is 5.88 Å². The number of thiazole rings is 1. The summed E-state index contributed by atoms with van der Waals surface area (Å²) >= 11 is 8.72. The second-order valence-corrected chi connectivity index (χ2v) is 6.00. The van der Waals surface area contributed by atoms with Crippen molar-refractivity contribution >= 4 is 34.3 Å². The molecule has 0 radical (unpaired) electrons. The zero-order valence-corrected chi connectivity index (χ0v) is 12.2. The third kappa shape index (κ3) is 2.47. The molecule has 3 heterocycles. The smallest absolute Gasteiger partial charge is 0.215 e. The summed E-state index contributed by atoms with van der Waals surface area (Å²) in [7, 11) is 0. The fourth-order valence-corrected chi connectivity index (χ4v) is 3.40. The number of hydrogen-bond donors (Lipinski definition) is 1. The van der Waals surface area contributed by atoms with E-state index in [9.17, 15) is 5.11 Å². The Balaban J connectivity index is 2.13. The van der Waals surface area contributed by atoms with E-state index in [1.807, 2.05) is 18.4 Å². The lowest BCUT2D eigenvalue weighted by Crippen LogP contribution is -1.91. The molecule has 1 N–H and O–H groups in total. The number of hydrogen-bond acceptors (Lipinski definition) is 6.